The molecule has 1 aliphatic heterocycles. The molecule has 1 aliphatic rings. The van der Waals surface area contributed by atoms with Gasteiger partial charge in [-0.2, -0.15) is 8.42 Å². The number of fused-ring (bicyclic) bond motifs is 1. The van der Waals surface area contributed by atoms with Crippen molar-refractivity contribution in [3.63, 3.8) is 0 Å². The smallest absolute Gasteiger partial charge is 0.286 e. The Kier molecular flexibility index (Phi) is 4.96. The van der Waals surface area contributed by atoms with E-state index in [1.807, 2.05) is 17.0 Å². The Morgan fingerprint density at radius 1 is 1.08 bits per heavy atom. The van der Waals surface area contributed by atoms with Crippen molar-refractivity contribution >= 4 is 32.6 Å². The maximum absolute atomic E-state index is 12.5. The molecule has 126 valence electrons. The Morgan fingerprint density at radius 3 is 2.50 bits per heavy atom. The second-order valence-electron chi connectivity index (χ2n) is 5.74. The largest absolute Gasteiger partial charge is 0.319 e. The summed E-state index contributed by atoms with van der Waals surface area (Å²) in [5.41, 5.74) is 3.09. The molecule has 0 saturated heterocycles. The van der Waals surface area contributed by atoms with Crippen molar-refractivity contribution in [3.8, 4) is 0 Å². The number of sulfonamides is 1. The molecule has 0 bridgehead atoms. The maximum Gasteiger partial charge on any atom is 0.286 e. The fourth-order valence-corrected chi connectivity index (χ4v) is 5.01. The first kappa shape index (κ1) is 17.0. The first-order chi connectivity index (χ1) is 11.5. The molecule has 0 unspecified atom stereocenters. The molecule has 6 heteroatoms. The highest BCUT2D eigenvalue weighted by Gasteiger charge is 2.30. The van der Waals surface area contributed by atoms with Gasteiger partial charge in [-0.15, -0.1) is 4.40 Å². The molecule has 4 nitrogen and oxygen atoms in total. The molecule has 24 heavy (non-hydrogen) atoms. The van der Waals surface area contributed by atoms with Crippen molar-refractivity contribution in [1.29, 1.82) is 0 Å². The molecule has 0 fully saturated rings. The molecule has 0 spiro atoms. The average molecular weight is 361 g/mol. The first-order valence-electron chi connectivity index (χ1n) is 7.91. The van der Waals surface area contributed by atoms with E-state index in [9.17, 15) is 8.42 Å². The van der Waals surface area contributed by atoms with Crippen LogP contribution in [0.3, 0.4) is 0 Å². The SMILES string of the molecule is CCCN1C(SCc2ccc(C)cc2)=NS(=O)(=O)c2ccccc21. The van der Waals surface area contributed by atoms with Crippen molar-refractivity contribution in [1.82, 2.24) is 0 Å². The minimum atomic E-state index is -3.63. The lowest BCUT2D eigenvalue weighted by Crippen LogP contribution is -2.34. The third kappa shape index (κ3) is 3.49. The van der Waals surface area contributed by atoms with Gasteiger partial charge >= 0.3 is 0 Å². The molecule has 2 aromatic carbocycles. The summed E-state index contributed by atoms with van der Waals surface area (Å²) in [4.78, 5) is 2.30. The minimum Gasteiger partial charge on any atom is -0.319 e. The van der Waals surface area contributed by atoms with Crippen LogP contribution in [0.5, 0.6) is 0 Å². The number of amidine groups is 1. The number of para-hydroxylation sites is 1. The first-order valence-corrected chi connectivity index (χ1v) is 10.3. The molecule has 0 radical (unpaired) electrons. The number of benzene rings is 2. The number of anilines is 1. The molecular formula is C18H20N2O2S2. The molecule has 1 heterocycles. The quantitative estimate of drug-likeness (QED) is 0.820. The van der Waals surface area contributed by atoms with Gasteiger partial charge in [-0.25, -0.2) is 0 Å². The highest BCUT2D eigenvalue weighted by molar-refractivity contribution is 8.14. The van der Waals surface area contributed by atoms with E-state index in [0.717, 1.165) is 24.2 Å². The van der Waals surface area contributed by atoms with Crippen molar-refractivity contribution in [3.05, 3.63) is 59.7 Å². The highest BCUT2D eigenvalue weighted by Crippen LogP contribution is 2.34. The van der Waals surface area contributed by atoms with Gasteiger partial charge in [-0.1, -0.05) is 60.6 Å². The molecule has 0 saturated carbocycles. The van der Waals surface area contributed by atoms with Crippen LogP contribution in [0, 0.1) is 6.92 Å². The number of aryl methyl sites for hydroxylation is 1. The van der Waals surface area contributed by atoms with Crippen LogP contribution in [0.15, 0.2) is 57.8 Å². The zero-order chi connectivity index (χ0) is 17.2. The fourth-order valence-electron chi connectivity index (χ4n) is 2.58. The van der Waals surface area contributed by atoms with Crippen LogP contribution in [0.2, 0.25) is 0 Å². The fraction of sp³-hybridized carbons (Fsp3) is 0.278. The second-order valence-corrected chi connectivity index (χ2v) is 8.26. The van der Waals surface area contributed by atoms with Gasteiger partial charge in [-0.05, 0) is 31.0 Å². The summed E-state index contributed by atoms with van der Waals surface area (Å²) in [6.07, 6.45) is 0.915. The highest BCUT2D eigenvalue weighted by atomic mass is 32.2. The summed E-state index contributed by atoms with van der Waals surface area (Å²) < 4.78 is 29.0. The van der Waals surface area contributed by atoms with Crippen LogP contribution in [-0.4, -0.2) is 20.1 Å². The van der Waals surface area contributed by atoms with E-state index in [2.05, 4.69) is 42.5 Å². The van der Waals surface area contributed by atoms with E-state index in [1.165, 1.54) is 17.3 Å². The summed E-state index contributed by atoms with van der Waals surface area (Å²) in [5.74, 6) is 0.691. The molecule has 3 rings (SSSR count). The maximum atomic E-state index is 12.5. The molecule has 0 aromatic heterocycles. The van der Waals surface area contributed by atoms with E-state index < -0.39 is 10.0 Å². The third-order valence-electron chi connectivity index (χ3n) is 3.80. The van der Waals surface area contributed by atoms with E-state index >= 15 is 0 Å². The van der Waals surface area contributed by atoms with Gasteiger partial charge in [0.25, 0.3) is 10.0 Å². The number of nitrogens with zero attached hydrogens (tertiary/aromatic N) is 2. The minimum absolute atomic E-state index is 0.290. The summed E-state index contributed by atoms with van der Waals surface area (Å²) >= 11 is 1.47. The molecule has 0 atom stereocenters. The molecule has 2 aromatic rings. The van der Waals surface area contributed by atoms with Crippen LogP contribution in [-0.2, 0) is 15.8 Å². The van der Waals surface area contributed by atoms with Crippen molar-refractivity contribution < 1.29 is 8.42 Å². The Labute approximate surface area is 147 Å². The Balaban J connectivity index is 1.90. The van der Waals surface area contributed by atoms with Crippen LogP contribution in [0.4, 0.5) is 5.69 Å². The van der Waals surface area contributed by atoms with Gasteiger partial charge in [0.2, 0.25) is 0 Å². The third-order valence-corrected chi connectivity index (χ3v) is 6.28. The number of rotatable bonds is 4. The van der Waals surface area contributed by atoms with Crippen LogP contribution in [0.25, 0.3) is 0 Å². The second kappa shape index (κ2) is 6.99. The zero-order valence-corrected chi connectivity index (χ0v) is 15.4. The van der Waals surface area contributed by atoms with Gasteiger partial charge in [0.15, 0.2) is 5.17 Å². The molecule has 0 amide bonds. The Morgan fingerprint density at radius 2 is 1.79 bits per heavy atom. The van der Waals surface area contributed by atoms with Crippen molar-refractivity contribution in [2.75, 3.05) is 11.4 Å². The molecule has 0 N–H and O–H groups in total. The summed E-state index contributed by atoms with van der Waals surface area (Å²) in [6, 6.07) is 15.3. The molecular weight excluding hydrogens is 340 g/mol. The van der Waals surface area contributed by atoms with Crippen LogP contribution >= 0.6 is 11.8 Å². The van der Waals surface area contributed by atoms with Crippen molar-refractivity contribution in [2.24, 2.45) is 4.40 Å². The monoisotopic (exact) mass is 360 g/mol. The summed E-state index contributed by atoms with van der Waals surface area (Å²) in [7, 11) is -3.63. The van der Waals surface area contributed by atoms with E-state index in [0.29, 0.717) is 10.9 Å². The normalized spacial score (nSPS) is 15.8. The molecule has 0 aliphatic carbocycles. The standard InChI is InChI=1S/C18H20N2O2S2/c1-3-12-20-16-6-4-5-7-17(16)24(21,22)19-18(20)23-13-15-10-8-14(2)9-11-15/h4-11H,3,12-13H2,1-2H3. The van der Waals surface area contributed by atoms with Crippen LogP contribution < -0.4 is 4.90 Å². The summed E-state index contributed by atoms with van der Waals surface area (Å²) in [6.45, 7) is 4.87. The average Bonchev–Trinajstić information content (AvgIpc) is 2.57. The van der Waals surface area contributed by atoms with Crippen molar-refractivity contribution in [2.45, 2.75) is 30.9 Å². The van der Waals surface area contributed by atoms with Gasteiger partial charge in [-0.3, -0.25) is 0 Å². The topological polar surface area (TPSA) is 49.7 Å². The Hall–Kier alpha value is -1.79. The lowest BCUT2D eigenvalue weighted by Gasteiger charge is -2.30. The predicted molar refractivity (Wildman–Crippen MR) is 101 cm³/mol. The lowest BCUT2D eigenvalue weighted by atomic mass is 10.2. The predicted octanol–water partition coefficient (Wildman–Crippen LogP) is 4.20. The van der Waals surface area contributed by atoms with Crippen LogP contribution in [0.1, 0.15) is 24.5 Å². The Bertz CT molecular complexity index is 859. The van der Waals surface area contributed by atoms with Gasteiger partial charge in [0.05, 0.1) is 5.69 Å². The van der Waals surface area contributed by atoms with Gasteiger partial charge in [0, 0.05) is 12.3 Å². The van der Waals surface area contributed by atoms with Gasteiger partial charge in [0.1, 0.15) is 4.90 Å². The number of thioether (sulfide) groups is 1. The number of hydrogen-bond acceptors (Lipinski definition) is 4. The zero-order valence-electron chi connectivity index (χ0n) is 13.8. The van der Waals surface area contributed by atoms with E-state index in [1.54, 1.807) is 12.1 Å². The van der Waals surface area contributed by atoms with Gasteiger partial charge < -0.3 is 4.90 Å². The van der Waals surface area contributed by atoms with E-state index in [-0.39, 0.29) is 4.90 Å². The lowest BCUT2D eigenvalue weighted by molar-refractivity contribution is 0.597. The van der Waals surface area contributed by atoms with E-state index in [4.69, 9.17) is 0 Å². The summed E-state index contributed by atoms with van der Waals surface area (Å²) in [5, 5.41) is 0.552. The number of hydrogen-bond donors (Lipinski definition) is 0.